The number of carbonyl (C=O) groups is 1. The predicted octanol–water partition coefficient (Wildman–Crippen LogP) is 3.22. The molecule has 0 aliphatic carbocycles. The van der Waals surface area contributed by atoms with Crippen LogP contribution >= 0.6 is 0 Å². The first-order valence-corrected chi connectivity index (χ1v) is 7.83. The minimum absolute atomic E-state index is 0.267. The molecular formula is C17H20N4O2. The Labute approximate surface area is 135 Å². The number of aryl methyl sites for hydroxylation is 1. The molecule has 120 valence electrons. The van der Waals surface area contributed by atoms with Gasteiger partial charge < -0.3 is 15.3 Å². The number of anilines is 3. The van der Waals surface area contributed by atoms with Crippen LogP contribution in [0.3, 0.4) is 0 Å². The van der Waals surface area contributed by atoms with E-state index >= 15 is 0 Å². The predicted molar refractivity (Wildman–Crippen MR) is 89.5 cm³/mol. The number of rotatable bonds is 4. The highest BCUT2D eigenvalue weighted by atomic mass is 16.4. The molecule has 1 aliphatic rings. The molecule has 23 heavy (non-hydrogen) atoms. The van der Waals surface area contributed by atoms with Gasteiger partial charge in [0, 0.05) is 24.8 Å². The van der Waals surface area contributed by atoms with Gasteiger partial charge in [-0.25, -0.2) is 14.8 Å². The van der Waals surface area contributed by atoms with Crippen molar-refractivity contribution in [3.8, 4) is 0 Å². The number of aromatic nitrogens is 2. The quantitative estimate of drug-likeness (QED) is 0.902. The number of carboxylic acid groups (broad SMARTS) is 1. The molecular weight excluding hydrogens is 292 g/mol. The van der Waals surface area contributed by atoms with Crippen LogP contribution in [0.15, 0.2) is 30.3 Å². The Bertz CT molecular complexity index is 694. The standard InChI is InChI=1S/C17H20N4O2/c1-12-18-15(11-16(19-12)21-9-3-2-4-10-21)20-14-7-5-13(6-8-14)17(22)23/h5-8,11H,2-4,9-10H2,1H3,(H,22,23)(H,18,19,20). The average molecular weight is 312 g/mol. The molecule has 6 nitrogen and oxygen atoms in total. The molecule has 1 aromatic heterocycles. The van der Waals surface area contributed by atoms with Gasteiger partial charge in [0.1, 0.15) is 17.5 Å². The summed E-state index contributed by atoms with van der Waals surface area (Å²) in [6.45, 7) is 3.94. The van der Waals surface area contributed by atoms with Crippen LogP contribution < -0.4 is 10.2 Å². The van der Waals surface area contributed by atoms with Gasteiger partial charge in [-0.15, -0.1) is 0 Å². The number of carboxylic acids is 1. The van der Waals surface area contributed by atoms with Crippen molar-refractivity contribution in [1.29, 1.82) is 0 Å². The summed E-state index contributed by atoms with van der Waals surface area (Å²) in [6.07, 6.45) is 3.67. The van der Waals surface area contributed by atoms with Crippen molar-refractivity contribution in [2.45, 2.75) is 26.2 Å². The van der Waals surface area contributed by atoms with Crippen molar-refractivity contribution < 1.29 is 9.90 Å². The molecule has 0 saturated carbocycles. The molecule has 0 atom stereocenters. The van der Waals surface area contributed by atoms with E-state index in [0.29, 0.717) is 0 Å². The van der Waals surface area contributed by atoms with Gasteiger partial charge in [-0.05, 0) is 50.5 Å². The van der Waals surface area contributed by atoms with Crippen LogP contribution in [0.5, 0.6) is 0 Å². The summed E-state index contributed by atoms with van der Waals surface area (Å²) >= 11 is 0. The third-order valence-corrected chi connectivity index (χ3v) is 3.91. The first-order chi connectivity index (χ1) is 11.1. The third kappa shape index (κ3) is 3.77. The summed E-state index contributed by atoms with van der Waals surface area (Å²) in [5.41, 5.74) is 1.07. The zero-order valence-electron chi connectivity index (χ0n) is 13.1. The number of hydrogen-bond donors (Lipinski definition) is 2. The van der Waals surface area contributed by atoms with Crippen LogP contribution in [0.4, 0.5) is 17.3 Å². The second-order valence-electron chi connectivity index (χ2n) is 5.71. The SMILES string of the molecule is Cc1nc(Nc2ccc(C(=O)O)cc2)cc(N2CCCCC2)n1. The third-order valence-electron chi connectivity index (χ3n) is 3.91. The van der Waals surface area contributed by atoms with E-state index in [-0.39, 0.29) is 5.56 Å². The zero-order valence-corrected chi connectivity index (χ0v) is 13.1. The maximum atomic E-state index is 10.9. The van der Waals surface area contributed by atoms with Crippen molar-refractivity contribution in [2.24, 2.45) is 0 Å². The van der Waals surface area contributed by atoms with Gasteiger partial charge in [0.2, 0.25) is 0 Å². The zero-order chi connectivity index (χ0) is 16.2. The van der Waals surface area contributed by atoms with Gasteiger partial charge >= 0.3 is 5.97 Å². The van der Waals surface area contributed by atoms with Gasteiger partial charge in [0.15, 0.2) is 0 Å². The molecule has 1 aromatic carbocycles. The molecule has 1 aliphatic heterocycles. The Kier molecular flexibility index (Phi) is 4.41. The van der Waals surface area contributed by atoms with E-state index in [1.807, 2.05) is 13.0 Å². The second kappa shape index (κ2) is 6.64. The Morgan fingerprint density at radius 3 is 2.48 bits per heavy atom. The Morgan fingerprint density at radius 1 is 1.13 bits per heavy atom. The van der Waals surface area contributed by atoms with Crippen LogP contribution in [-0.2, 0) is 0 Å². The Balaban J connectivity index is 1.79. The molecule has 0 spiro atoms. The number of hydrogen-bond acceptors (Lipinski definition) is 5. The monoisotopic (exact) mass is 312 g/mol. The smallest absolute Gasteiger partial charge is 0.335 e. The van der Waals surface area contributed by atoms with Gasteiger partial charge in [0.05, 0.1) is 5.56 Å². The van der Waals surface area contributed by atoms with E-state index in [1.165, 1.54) is 19.3 Å². The van der Waals surface area contributed by atoms with Crippen molar-refractivity contribution in [3.63, 3.8) is 0 Å². The van der Waals surface area contributed by atoms with Gasteiger partial charge in [-0.1, -0.05) is 0 Å². The summed E-state index contributed by atoms with van der Waals surface area (Å²) in [5.74, 6) is 1.46. The van der Waals surface area contributed by atoms with Crippen molar-refractivity contribution in [2.75, 3.05) is 23.3 Å². The summed E-state index contributed by atoms with van der Waals surface area (Å²) in [7, 11) is 0. The fourth-order valence-corrected chi connectivity index (χ4v) is 2.74. The lowest BCUT2D eigenvalue weighted by Gasteiger charge is -2.28. The van der Waals surface area contributed by atoms with E-state index in [9.17, 15) is 4.79 Å². The van der Waals surface area contributed by atoms with E-state index in [1.54, 1.807) is 24.3 Å². The van der Waals surface area contributed by atoms with Crippen molar-refractivity contribution in [1.82, 2.24) is 9.97 Å². The molecule has 0 amide bonds. The molecule has 1 saturated heterocycles. The molecule has 0 unspecified atom stereocenters. The van der Waals surface area contributed by atoms with Crippen LogP contribution in [0.1, 0.15) is 35.4 Å². The minimum Gasteiger partial charge on any atom is -0.478 e. The highest BCUT2D eigenvalue weighted by Crippen LogP contribution is 2.22. The largest absolute Gasteiger partial charge is 0.478 e. The molecule has 2 N–H and O–H groups in total. The van der Waals surface area contributed by atoms with Crippen LogP contribution in [0.2, 0.25) is 0 Å². The van der Waals surface area contributed by atoms with E-state index < -0.39 is 5.97 Å². The molecule has 2 aromatic rings. The minimum atomic E-state index is -0.929. The van der Waals surface area contributed by atoms with E-state index in [4.69, 9.17) is 5.11 Å². The van der Waals surface area contributed by atoms with Gasteiger partial charge in [-0.3, -0.25) is 0 Å². The Morgan fingerprint density at radius 2 is 1.83 bits per heavy atom. The lowest BCUT2D eigenvalue weighted by atomic mass is 10.1. The molecule has 2 heterocycles. The maximum absolute atomic E-state index is 10.9. The molecule has 0 radical (unpaired) electrons. The summed E-state index contributed by atoms with van der Waals surface area (Å²) in [4.78, 5) is 22.1. The molecule has 1 fully saturated rings. The number of piperidine rings is 1. The van der Waals surface area contributed by atoms with E-state index in [2.05, 4.69) is 20.2 Å². The highest BCUT2D eigenvalue weighted by Gasteiger charge is 2.14. The normalized spacial score (nSPS) is 14.6. The van der Waals surface area contributed by atoms with Crippen molar-refractivity contribution >= 4 is 23.3 Å². The first-order valence-electron chi connectivity index (χ1n) is 7.83. The van der Waals surface area contributed by atoms with Gasteiger partial charge in [0.25, 0.3) is 0 Å². The first kappa shape index (κ1) is 15.3. The van der Waals surface area contributed by atoms with Gasteiger partial charge in [-0.2, -0.15) is 0 Å². The number of benzene rings is 1. The highest BCUT2D eigenvalue weighted by molar-refractivity contribution is 5.88. The van der Waals surface area contributed by atoms with Crippen LogP contribution in [0.25, 0.3) is 0 Å². The average Bonchev–Trinajstić information content (AvgIpc) is 2.55. The Hall–Kier alpha value is -2.63. The lowest BCUT2D eigenvalue weighted by molar-refractivity contribution is 0.0697. The summed E-state index contributed by atoms with van der Waals surface area (Å²) < 4.78 is 0. The van der Waals surface area contributed by atoms with Crippen LogP contribution in [0, 0.1) is 6.92 Å². The number of nitrogens with zero attached hydrogens (tertiary/aromatic N) is 3. The fraction of sp³-hybridized carbons (Fsp3) is 0.353. The van der Waals surface area contributed by atoms with Crippen molar-refractivity contribution in [3.05, 3.63) is 41.7 Å². The maximum Gasteiger partial charge on any atom is 0.335 e. The second-order valence-corrected chi connectivity index (χ2v) is 5.71. The molecule has 3 rings (SSSR count). The number of aromatic carboxylic acids is 1. The topological polar surface area (TPSA) is 78.3 Å². The summed E-state index contributed by atoms with van der Waals surface area (Å²) in [5, 5.41) is 12.2. The van der Waals surface area contributed by atoms with E-state index in [0.717, 1.165) is 36.2 Å². The lowest BCUT2D eigenvalue weighted by Crippen LogP contribution is -2.30. The fourth-order valence-electron chi connectivity index (χ4n) is 2.74. The molecule has 0 bridgehead atoms. The number of nitrogens with one attached hydrogen (secondary N) is 1. The summed E-state index contributed by atoms with van der Waals surface area (Å²) in [6, 6.07) is 8.57. The molecule has 6 heteroatoms. The van der Waals surface area contributed by atoms with Crippen LogP contribution in [-0.4, -0.2) is 34.1 Å².